The lowest BCUT2D eigenvalue weighted by molar-refractivity contribution is -0.129. The number of amides is 2. The highest BCUT2D eigenvalue weighted by atomic mass is 16.3. The number of carbonyl (C=O) groups is 2. The molecule has 0 unspecified atom stereocenters. The van der Waals surface area contributed by atoms with E-state index in [1.807, 2.05) is 13.8 Å². The summed E-state index contributed by atoms with van der Waals surface area (Å²) in [5.41, 5.74) is 0. The van der Waals surface area contributed by atoms with Crippen LogP contribution in [0.25, 0.3) is 0 Å². The van der Waals surface area contributed by atoms with E-state index in [2.05, 4.69) is 22.9 Å². The second kappa shape index (κ2) is 11.7. The van der Waals surface area contributed by atoms with Gasteiger partial charge in [-0.1, -0.05) is 33.6 Å². The van der Waals surface area contributed by atoms with Crippen LogP contribution in [0.2, 0.25) is 0 Å². The molecule has 1 atom stereocenters. The molecule has 0 saturated heterocycles. The first-order chi connectivity index (χ1) is 9.51. The van der Waals surface area contributed by atoms with E-state index in [0.29, 0.717) is 19.1 Å². The Morgan fingerprint density at radius 2 is 1.85 bits per heavy atom. The molecular weight excluding hydrogens is 258 g/mol. The fourth-order valence-electron chi connectivity index (χ4n) is 1.64. The van der Waals surface area contributed by atoms with Crippen molar-refractivity contribution in [1.29, 1.82) is 0 Å². The molecule has 0 rings (SSSR count). The summed E-state index contributed by atoms with van der Waals surface area (Å²) in [6, 6.07) is -0.540. The lowest BCUT2D eigenvalue weighted by Crippen LogP contribution is -2.49. The van der Waals surface area contributed by atoms with Crippen LogP contribution in [-0.4, -0.2) is 48.7 Å². The largest absolute Gasteiger partial charge is 0.394 e. The van der Waals surface area contributed by atoms with Crippen molar-refractivity contribution < 1.29 is 14.7 Å². The van der Waals surface area contributed by atoms with Gasteiger partial charge in [-0.05, 0) is 6.42 Å². The van der Waals surface area contributed by atoms with Crippen LogP contribution in [0, 0.1) is 0 Å². The van der Waals surface area contributed by atoms with Gasteiger partial charge in [0.1, 0.15) is 6.04 Å². The van der Waals surface area contributed by atoms with E-state index in [0.717, 1.165) is 19.3 Å². The van der Waals surface area contributed by atoms with Gasteiger partial charge < -0.3 is 21.1 Å². The highest BCUT2D eigenvalue weighted by Crippen LogP contribution is 1.92. The summed E-state index contributed by atoms with van der Waals surface area (Å²) in [7, 11) is 0. The maximum atomic E-state index is 11.8. The van der Waals surface area contributed by atoms with Crippen molar-refractivity contribution in [2.75, 3.05) is 19.7 Å². The molecule has 4 N–H and O–H groups in total. The van der Waals surface area contributed by atoms with Crippen molar-refractivity contribution in [1.82, 2.24) is 16.0 Å². The first-order valence-corrected chi connectivity index (χ1v) is 7.42. The Balaban J connectivity index is 3.93. The van der Waals surface area contributed by atoms with Gasteiger partial charge in [0.25, 0.3) is 0 Å². The van der Waals surface area contributed by atoms with Crippen LogP contribution in [0.1, 0.15) is 46.5 Å². The van der Waals surface area contributed by atoms with Crippen LogP contribution in [0.5, 0.6) is 0 Å². The Morgan fingerprint density at radius 3 is 2.40 bits per heavy atom. The molecule has 0 fully saturated rings. The molecule has 0 aromatic rings. The van der Waals surface area contributed by atoms with E-state index in [4.69, 9.17) is 0 Å². The van der Waals surface area contributed by atoms with Crippen LogP contribution < -0.4 is 16.0 Å². The van der Waals surface area contributed by atoms with Gasteiger partial charge in [-0.15, -0.1) is 0 Å². The third kappa shape index (κ3) is 9.75. The molecule has 0 aliphatic heterocycles. The van der Waals surface area contributed by atoms with Gasteiger partial charge in [0.05, 0.1) is 6.61 Å². The number of carbonyl (C=O) groups excluding carboxylic acids is 2. The molecule has 0 aromatic carbocycles. The summed E-state index contributed by atoms with van der Waals surface area (Å²) in [6.45, 7) is 6.83. The number of unbranched alkanes of at least 4 members (excludes halogenated alkanes) is 2. The van der Waals surface area contributed by atoms with E-state index in [-0.39, 0.29) is 24.8 Å². The van der Waals surface area contributed by atoms with Crippen LogP contribution in [0.3, 0.4) is 0 Å². The zero-order valence-corrected chi connectivity index (χ0v) is 12.9. The lowest BCUT2D eigenvalue weighted by Gasteiger charge is -2.16. The predicted molar refractivity (Wildman–Crippen MR) is 79.3 cm³/mol. The Bertz CT molecular complexity index is 283. The lowest BCUT2D eigenvalue weighted by atomic mass is 10.2. The minimum atomic E-state index is -0.858. The van der Waals surface area contributed by atoms with E-state index < -0.39 is 6.04 Å². The number of aliphatic hydroxyl groups is 1. The van der Waals surface area contributed by atoms with Gasteiger partial charge in [0.2, 0.25) is 11.8 Å². The molecule has 0 radical (unpaired) electrons. The third-order valence-corrected chi connectivity index (χ3v) is 2.82. The van der Waals surface area contributed by atoms with Crippen LogP contribution in [-0.2, 0) is 9.59 Å². The summed E-state index contributed by atoms with van der Waals surface area (Å²) >= 11 is 0. The molecule has 0 heterocycles. The maximum absolute atomic E-state index is 11.8. The summed E-state index contributed by atoms with van der Waals surface area (Å²) in [6.07, 6.45) is 3.33. The zero-order chi connectivity index (χ0) is 15.4. The van der Waals surface area contributed by atoms with Crippen LogP contribution in [0.15, 0.2) is 0 Å². The summed E-state index contributed by atoms with van der Waals surface area (Å²) < 4.78 is 0. The second-order valence-corrected chi connectivity index (χ2v) is 5.16. The van der Waals surface area contributed by atoms with Crippen molar-refractivity contribution in [2.45, 2.75) is 58.5 Å². The Morgan fingerprint density at radius 1 is 1.15 bits per heavy atom. The molecule has 0 spiro atoms. The topological polar surface area (TPSA) is 90.5 Å². The number of hydrogen-bond acceptors (Lipinski definition) is 4. The first-order valence-electron chi connectivity index (χ1n) is 7.42. The SMILES string of the molecule is CCCCCNC(=O)[C@H](CO)NC(=O)CCNC(C)C. The molecule has 118 valence electrons. The molecule has 0 bridgehead atoms. The molecule has 0 aliphatic rings. The number of aliphatic hydroxyl groups excluding tert-OH is 1. The smallest absolute Gasteiger partial charge is 0.244 e. The van der Waals surface area contributed by atoms with Crippen LogP contribution >= 0.6 is 0 Å². The van der Waals surface area contributed by atoms with Gasteiger partial charge in [0, 0.05) is 25.6 Å². The zero-order valence-electron chi connectivity index (χ0n) is 12.9. The van der Waals surface area contributed by atoms with E-state index >= 15 is 0 Å². The van der Waals surface area contributed by atoms with Crippen molar-refractivity contribution in [3.05, 3.63) is 0 Å². The summed E-state index contributed by atoms with van der Waals surface area (Å²) in [5.74, 6) is -0.560. The highest BCUT2D eigenvalue weighted by molar-refractivity contribution is 5.87. The average molecular weight is 287 g/mol. The number of hydrogen-bond donors (Lipinski definition) is 4. The van der Waals surface area contributed by atoms with Crippen molar-refractivity contribution in [2.24, 2.45) is 0 Å². The second-order valence-electron chi connectivity index (χ2n) is 5.16. The molecule has 0 saturated carbocycles. The first kappa shape index (κ1) is 18.9. The van der Waals surface area contributed by atoms with Crippen molar-refractivity contribution >= 4 is 11.8 Å². The Kier molecular flexibility index (Phi) is 11.0. The van der Waals surface area contributed by atoms with Gasteiger partial charge in [-0.3, -0.25) is 9.59 Å². The fraction of sp³-hybridized carbons (Fsp3) is 0.857. The normalized spacial score (nSPS) is 12.2. The molecule has 0 aliphatic carbocycles. The van der Waals surface area contributed by atoms with Gasteiger partial charge in [-0.2, -0.15) is 0 Å². The monoisotopic (exact) mass is 287 g/mol. The molecular formula is C14H29N3O3. The molecule has 6 nitrogen and oxygen atoms in total. The molecule has 20 heavy (non-hydrogen) atoms. The molecule has 2 amide bonds. The van der Waals surface area contributed by atoms with E-state index in [1.165, 1.54) is 0 Å². The van der Waals surface area contributed by atoms with Crippen molar-refractivity contribution in [3.8, 4) is 0 Å². The molecule has 0 aromatic heterocycles. The maximum Gasteiger partial charge on any atom is 0.244 e. The average Bonchev–Trinajstić information content (AvgIpc) is 2.40. The van der Waals surface area contributed by atoms with E-state index in [9.17, 15) is 14.7 Å². The number of nitrogens with one attached hydrogen (secondary N) is 3. The third-order valence-electron chi connectivity index (χ3n) is 2.82. The summed E-state index contributed by atoms with van der Waals surface area (Å²) in [5, 5.41) is 17.6. The number of rotatable bonds is 11. The van der Waals surface area contributed by atoms with Crippen LogP contribution in [0.4, 0.5) is 0 Å². The minimum absolute atomic E-state index is 0.235. The quantitative estimate of drug-likeness (QED) is 0.407. The fourth-order valence-corrected chi connectivity index (χ4v) is 1.64. The minimum Gasteiger partial charge on any atom is -0.394 e. The van der Waals surface area contributed by atoms with Crippen molar-refractivity contribution in [3.63, 3.8) is 0 Å². The van der Waals surface area contributed by atoms with Gasteiger partial charge in [0.15, 0.2) is 0 Å². The van der Waals surface area contributed by atoms with Gasteiger partial charge in [-0.25, -0.2) is 0 Å². The predicted octanol–water partition coefficient (Wildman–Crippen LogP) is 0.158. The highest BCUT2D eigenvalue weighted by Gasteiger charge is 2.18. The molecule has 6 heteroatoms. The Labute approximate surface area is 121 Å². The van der Waals surface area contributed by atoms with Gasteiger partial charge >= 0.3 is 0 Å². The van der Waals surface area contributed by atoms with E-state index in [1.54, 1.807) is 0 Å². The summed E-state index contributed by atoms with van der Waals surface area (Å²) in [4.78, 5) is 23.4. The standard InChI is InChI=1S/C14H29N3O3/c1-4-5-6-8-16-14(20)12(10-18)17-13(19)7-9-15-11(2)3/h11-12,15,18H,4-10H2,1-3H3,(H,16,20)(H,17,19)/t12-/m0/s1. The Hall–Kier alpha value is -1.14.